The molecule has 0 saturated carbocycles. The van der Waals surface area contributed by atoms with Crippen LogP contribution in [0.1, 0.15) is 30.0 Å². The van der Waals surface area contributed by atoms with Crippen LogP contribution in [0, 0.1) is 0 Å². The van der Waals surface area contributed by atoms with Crippen molar-refractivity contribution in [2.45, 2.75) is 31.5 Å². The fraction of sp³-hybridized carbons (Fsp3) is 0.276. The van der Waals surface area contributed by atoms with Gasteiger partial charge in [-0.3, -0.25) is 14.5 Å². The Balaban J connectivity index is 1.47. The van der Waals surface area contributed by atoms with Crippen molar-refractivity contribution in [1.29, 1.82) is 0 Å². The Morgan fingerprint density at radius 2 is 1.53 bits per heavy atom. The van der Waals surface area contributed by atoms with Gasteiger partial charge in [-0.2, -0.15) is 0 Å². The molecule has 2 atom stereocenters. The summed E-state index contributed by atoms with van der Waals surface area (Å²) >= 11 is 0. The first-order valence-corrected chi connectivity index (χ1v) is 12.3. The van der Waals surface area contributed by atoms with Gasteiger partial charge in [0.05, 0.1) is 14.2 Å². The number of benzene rings is 3. The van der Waals surface area contributed by atoms with Crippen molar-refractivity contribution in [2.24, 2.45) is 0 Å². The summed E-state index contributed by atoms with van der Waals surface area (Å²) in [7, 11) is 3.11. The lowest BCUT2D eigenvalue weighted by atomic mass is 10.0. The van der Waals surface area contributed by atoms with E-state index in [4.69, 9.17) is 14.2 Å². The lowest BCUT2D eigenvalue weighted by molar-refractivity contribution is -0.129. The van der Waals surface area contributed by atoms with E-state index in [1.54, 1.807) is 62.8 Å². The molecule has 9 nitrogen and oxygen atoms in total. The van der Waals surface area contributed by atoms with E-state index >= 15 is 0 Å². The van der Waals surface area contributed by atoms with E-state index < -0.39 is 30.0 Å². The van der Waals surface area contributed by atoms with Gasteiger partial charge in [0.15, 0.2) is 0 Å². The van der Waals surface area contributed by atoms with Crippen molar-refractivity contribution in [2.75, 3.05) is 26.1 Å². The molecule has 0 aromatic heterocycles. The topological polar surface area (TPSA) is 106 Å². The summed E-state index contributed by atoms with van der Waals surface area (Å²) in [4.78, 5) is 41.0. The number of rotatable bonds is 9. The molecule has 1 aliphatic rings. The van der Waals surface area contributed by atoms with Crippen molar-refractivity contribution in [1.82, 2.24) is 10.2 Å². The molecule has 9 heteroatoms. The number of nitrogens with zero attached hydrogens (tertiary/aromatic N) is 1. The Hall–Kier alpha value is -4.53. The van der Waals surface area contributed by atoms with Gasteiger partial charge in [-0.25, -0.2) is 4.79 Å². The maximum Gasteiger partial charge on any atom is 0.410 e. The Morgan fingerprint density at radius 1 is 0.895 bits per heavy atom. The minimum atomic E-state index is -1.00. The molecule has 3 amide bonds. The van der Waals surface area contributed by atoms with E-state index in [1.807, 2.05) is 30.3 Å². The molecule has 0 aliphatic carbocycles. The van der Waals surface area contributed by atoms with Crippen molar-refractivity contribution in [3.63, 3.8) is 0 Å². The Labute approximate surface area is 221 Å². The maximum absolute atomic E-state index is 13.4. The molecule has 38 heavy (non-hydrogen) atoms. The third kappa shape index (κ3) is 6.61. The van der Waals surface area contributed by atoms with Crippen LogP contribution in [-0.2, 0) is 20.9 Å². The largest absolute Gasteiger partial charge is 0.497 e. The van der Waals surface area contributed by atoms with Gasteiger partial charge in [0.25, 0.3) is 5.91 Å². The number of hydrogen-bond donors (Lipinski definition) is 2. The number of hydrogen-bond acceptors (Lipinski definition) is 6. The van der Waals surface area contributed by atoms with E-state index in [9.17, 15) is 14.4 Å². The predicted octanol–water partition coefficient (Wildman–Crippen LogP) is 4.30. The van der Waals surface area contributed by atoms with Crippen LogP contribution < -0.4 is 20.1 Å². The van der Waals surface area contributed by atoms with Gasteiger partial charge in [-0.15, -0.1) is 0 Å². The first kappa shape index (κ1) is 26.5. The molecular weight excluding hydrogens is 486 g/mol. The Morgan fingerprint density at radius 3 is 2.16 bits per heavy atom. The normalized spacial score (nSPS) is 15.3. The number of ether oxygens (including phenoxy) is 3. The van der Waals surface area contributed by atoms with Crippen LogP contribution in [-0.4, -0.2) is 49.6 Å². The third-order valence-electron chi connectivity index (χ3n) is 6.35. The van der Waals surface area contributed by atoms with Crippen LogP contribution in [0.25, 0.3) is 0 Å². The van der Waals surface area contributed by atoms with Gasteiger partial charge in [0.1, 0.15) is 30.2 Å². The number of carbonyl (C=O) groups excluding carboxylic acids is 3. The highest BCUT2D eigenvalue weighted by Gasteiger charge is 2.37. The zero-order valence-electron chi connectivity index (χ0n) is 21.4. The van der Waals surface area contributed by atoms with Crippen molar-refractivity contribution >= 4 is 23.6 Å². The second-order valence-electron chi connectivity index (χ2n) is 8.82. The maximum atomic E-state index is 13.4. The summed E-state index contributed by atoms with van der Waals surface area (Å²) < 4.78 is 15.9. The molecule has 198 valence electrons. The van der Waals surface area contributed by atoms with Gasteiger partial charge < -0.3 is 24.8 Å². The van der Waals surface area contributed by atoms with Crippen LogP contribution in [0.5, 0.6) is 11.5 Å². The summed E-state index contributed by atoms with van der Waals surface area (Å²) in [5.74, 6) is 0.427. The molecule has 2 N–H and O–H groups in total. The molecule has 0 radical (unpaired) electrons. The van der Waals surface area contributed by atoms with Crippen LogP contribution >= 0.6 is 0 Å². The van der Waals surface area contributed by atoms with Crippen LogP contribution in [0.3, 0.4) is 0 Å². The number of methoxy groups -OCH3 is 2. The van der Waals surface area contributed by atoms with E-state index in [-0.39, 0.29) is 6.61 Å². The summed E-state index contributed by atoms with van der Waals surface area (Å²) in [6, 6.07) is 21.4. The average molecular weight is 518 g/mol. The lowest BCUT2D eigenvalue weighted by Crippen LogP contribution is -2.48. The monoisotopic (exact) mass is 517 g/mol. The minimum Gasteiger partial charge on any atom is -0.497 e. The molecule has 4 rings (SSSR count). The Bertz CT molecular complexity index is 1230. The fourth-order valence-corrected chi connectivity index (χ4v) is 4.28. The molecule has 1 aliphatic heterocycles. The lowest BCUT2D eigenvalue weighted by Gasteiger charge is -2.26. The van der Waals surface area contributed by atoms with Gasteiger partial charge >= 0.3 is 6.09 Å². The fourth-order valence-electron chi connectivity index (χ4n) is 4.28. The summed E-state index contributed by atoms with van der Waals surface area (Å²) in [5, 5.41) is 5.69. The summed E-state index contributed by atoms with van der Waals surface area (Å²) in [5.41, 5.74) is 1.98. The highest BCUT2D eigenvalue weighted by Crippen LogP contribution is 2.24. The zero-order chi connectivity index (χ0) is 26.9. The van der Waals surface area contributed by atoms with Crippen molar-refractivity contribution < 1.29 is 28.6 Å². The quantitative estimate of drug-likeness (QED) is 0.438. The number of anilines is 1. The van der Waals surface area contributed by atoms with Crippen molar-refractivity contribution in [3.05, 3.63) is 90.0 Å². The van der Waals surface area contributed by atoms with E-state index in [0.717, 1.165) is 5.56 Å². The number of amides is 3. The molecular formula is C29H31N3O6. The van der Waals surface area contributed by atoms with Gasteiger partial charge in [-0.1, -0.05) is 42.5 Å². The first-order valence-electron chi connectivity index (χ1n) is 12.3. The molecule has 3 aromatic rings. The standard InChI is InChI=1S/C29H31N3O6/c1-36-23-14-10-21(11-15-23)26(28(34)30-22-12-16-24(37-2)17-13-22)31-27(33)25-9-6-18-32(25)29(35)38-19-20-7-4-3-5-8-20/h3-5,7-8,10-17,25-26H,6,9,18-19H2,1-2H3,(H,30,34)(H,31,33)/t25-,26+/m1/s1. The van der Waals surface area contributed by atoms with Crippen molar-refractivity contribution in [3.8, 4) is 11.5 Å². The molecule has 1 heterocycles. The second kappa shape index (κ2) is 12.6. The smallest absolute Gasteiger partial charge is 0.410 e. The minimum absolute atomic E-state index is 0.114. The van der Waals surface area contributed by atoms with Crippen LogP contribution in [0.2, 0.25) is 0 Å². The summed E-state index contributed by atoms with van der Waals surface area (Å²) in [6.07, 6.45) is 0.570. The number of likely N-dealkylation sites (tertiary alicyclic amines) is 1. The molecule has 0 spiro atoms. The molecule has 3 aromatic carbocycles. The average Bonchev–Trinajstić information content (AvgIpc) is 3.46. The SMILES string of the molecule is COc1ccc(NC(=O)[C@@H](NC(=O)[C@H]2CCCN2C(=O)OCc2ccccc2)c2ccc(OC)cc2)cc1. The molecule has 1 fully saturated rings. The Kier molecular flexibility index (Phi) is 8.81. The zero-order valence-corrected chi connectivity index (χ0v) is 21.4. The first-order chi connectivity index (χ1) is 18.5. The summed E-state index contributed by atoms with van der Waals surface area (Å²) in [6.45, 7) is 0.514. The second-order valence-corrected chi connectivity index (χ2v) is 8.82. The predicted molar refractivity (Wildman–Crippen MR) is 142 cm³/mol. The molecule has 0 bridgehead atoms. The molecule has 1 saturated heterocycles. The van der Waals surface area contributed by atoms with Crippen LogP contribution in [0.4, 0.5) is 10.5 Å². The van der Waals surface area contributed by atoms with E-state index in [1.165, 1.54) is 4.90 Å². The van der Waals surface area contributed by atoms with Crippen LogP contribution in [0.15, 0.2) is 78.9 Å². The number of carbonyl (C=O) groups is 3. The highest BCUT2D eigenvalue weighted by molar-refractivity contribution is 5.99. The van der Waals surface area contributed by atoms with Gasteiger partial charge in [0.2, 0.25) is 5.91 Å². The molecule has 0 unspecified atom stereocenters. The van der Waals surface area contributed by atoms with E-state index in [0.29, 0.717) is 42.1 Å². The number of nitrogens with one attached hydrogen (secondary N) is 2. The third-order valence-corrected chi connectivity index (χ3v) is 6.35. The van der Waals surface area contributed by atoms with E-state index in [2.05, 4.69) is 10.6 Å². The highest BCUT2D eigenvalue weighted by atomic mass is 16.6. The van der Waals surface area contributed by atoms with Gasteiger partial charge in [0, 0.05) is 12.2 Å². The van der Waals surface area contributed by atoms with Gasteiger partial charge in [-0.05, 0) is 60.4 Å².